The van der Waals surface area contributed by atoms with E-state index >= 15 is 0 Å². The van der Waals surface area contributed by atoms with E-state index in [-0.39, 0.29) is 24.6 Å². The van der Waals surface area contributed by atoms with Gasteiger partial charge in [-0.15, -0.1) is 12.4 Å². The van der Waals surface area contributed by atoms with E-state index in [1.54, 1.807) is 30.1 Å². The maximum atomic E-state index is 13.6. The smallest absolute Gasteiger partial charge is 0.294 e. The largest absolute Gasteiger partial charge is 0.481 e. The molecule has 190 valence electrons. The van der Waals surface area contributed by atoms with Crippen LogP contribution in [0.4, 0.5) is 5.82 Å². The Morgan fingerprint density at radius 3 is 2.51 bits per heavy atom. The number of aliphatic hydroxyl groups excluding tert-OH is 1. The van der Waals surface area contributed by atoms with Gasteiger partial charge in [-0.1, -0.05) is 6.92 Å². The zero-order chi connectivity index (χ0) is 23.9. The van der Waals surface area contributed by atoms with Crippen LogP contribution in [-0.2, 0) is 11.3 Å². The Balaban J connectivity index is 0.00000342. The molecule has 0 atom stereocenters. The van der Waals surface area contributed by atoms with Crippen LogP contribution in [0.2, 0.25) is 0 Å². The van der Waals surface area contributed by atoms with Crippen LogP contribution in [0.15, 0.2) is 35.4 Å². The van der Waals surface area contributed by atoms with Crippen LogP contribution >= 0.6 is 12.4 Å². The summed E-state index contributed by atoms with van der Waals surface area (Å²) in [6.07, 6.45) is 4.34. The topological polar surface area (TPSA) is 106 Å². The SMILES string of the molecule is CCCOCCn1c(=O)c(N2CCN(CCO)CC2)nc2cnc(-c3ccc(OC)nc3)cc21.Cl. The van der Waals surface area contributed by atoms with E-state index in [1.807, 2.05) is 17.0 Å². The standard InChI is InChI=1S/C24H32N6O4.ClH/c1-3-13-34-14-11-30-21-15-19(18-4-5-22(33-2)26-16-18)25-17-20(21)27-23(24(30)32)29-8-6-28(7-9-29)10-12-31;/h4-5,15-17,31H,3,6-14H2,1-2H3;1H. The number of hydrogen-bond acceptors (Lipinski definition) is 9. The van der Waals surface area contributed by atoms with Gasteiger partial charge in [0.05, 0.1) is 37.7 Å². The summed E-state index contributed by atoms with van der Waals surface area (Å²) in [6.45, 7) is 7.29. The predicted molar refractivity (Wildman–Crippen MR) is 138 cm³/mol. The van der Waals surface area contributed by atoms with Gasteiger partial charge in [-0.25, -0.2) is 9.97 Å². The van der Waals surface area contributed by atoms with E-state index in [0.29, 0.717) is 67.8 Å². The van der Waals surface area contributed by atoms with Gasteiger partial charge in [0.25, 0.3) is 5.56 Å². The number of pyridine rings is 2. The van der Waals surface area contributed by atoms with Gasteiger partial charge in [0.2, 0.25) is 5.88 Å². The Hall–Kier alpha value is -2.79. The van der Waals surface area contributed by atoms with Crippen molar-refractivity contribution in [3.05, 3.63) is 40.9 Å². The average Bonchev–Trinajstić information content (AvgIpc) is 2.88. The highest BCUT2D eigenvalue weighted by atomic mass is 35.5. The molecule has 10 nitrogen and oxygen atoms in total. The number of halogens is 1. The van der Waals surface area contributed by atoms with Crippen molar-refractivity contribution in [1.82, 2.24) is 24.4 Å². The van der Waals surface area contributed by atoms with E-state index in [0.717, 1.165) is 25.1 Å². The van der Waals surface area contributed by atoms with Gasteiger partial charge in [0, 0.05) is 63.7 Å². The molecule has 3 aromatic heterocycles. The molecule has 0 aromatic carbocycles. The molecule has 11 heteroatoms. The first-order valence-corrected chi connectivity index (χ1v) is 11.7. The van der Waals surface area contributed by atoms with E-state index in [4.69, 9.17) is 14.5 Å². The third-order valence-corrected chi connectivity index (χ3v) is 5.95. The van der Waals surface area contributed by atoms with Crippen LogP contribution in [-0.4, -0.2) is 89.2 Å². The summed E-state index contributed by atoms with van der Waals surface area (Å²) >= 11 is 0. The number of anilines is 1. The van der Waals surface area contributed by atoms with Crippen molar-refractivity contribution in [3.8, 4) is 17.1 Å². The fourth-order valence-corrected chi connectivity index (χ4v) is 4.10. The minimum Gasteiger partial charge on any atom is -0.481 e. The Morgan fingerprint density at radius 1 is 1.06 bits per heavy atom. The van der Waals surface area contributed by atoms with Crippen LogP contribution in [0.1, 0.15) is 13.3 Å². The number of piperazine rings is 1. The average molecular weight is 505 g/mol. The first kappa shape index (κ1) is 26.8. The number of β-amino-alcohol motifs (C(OH)–C–C–N with tert-alkyl or cyclic N) is 1. The Morgan fingerprint density at radius 2 is 1.86 bits per heavy atom. The van der Waals surface area contributed by atoms with Crippen molar-refractivity contribution >= 4 is 29.3 Å². The zero-order valence-corrected chi connectivity index (χ0v) is 21.0. The lowest BCUT2D eigenvalue weighted by molar-refractivity contribution is 0.127. The number of methoxy groups -OCH3 is 1. The summed E-state index contributed by atoms with van der Waals surface area (Å²) in [6, 6.07) is 5.56. The Labute approximate surface area is 210 Å². The minimum atomic E-state index is -0.131. The molecule has 3 aromatic rings. The molecule has 0 radical (unpaired) electrons. The molecule has 0 unspecified atom stereocenters. The number of rotatable bonds is 10. The fourth-order valence-electron chi connectivity index (χ4n) is 4.10. The second-order valence-electron chi connectivity index (χ2n) is 8.20. The maximum Gasteiger partial charge on any atom is 0.294 e. The molecule has 35 heavy (non-hydrogen) atoms. The number of aromatic nitrogens is 4. The maximum absolute atomic E-state index is 13.6. The lowest BCUT2D eigenvalue weighted by Crippen LogP contribution is -2.49. The van der Waals surface area contributed by atoms with Crippen LogP contribution in [0.3, 0.4) is 0 Å². The molecule has 4 heterocycles. The van der Waals surface area contributed by atoms with Gasteiger partial charge in [0.1, 0.15) is 5.52 Å². The highest BCUT2D eigenvalue weighted by Gasteiger charge is 2.22. The zero-order valence-electron chi connectivity index (χ0n) is 20.2. The molecule has 0 bridgehead atoms. The van der Waals surface area contributed by atoms with Crippen molar-refractivity contribution in [2.45, 2.75) is 19.9 Å². The molecular formula is C24H33ClN6O4. The molecule has 1 aliphatic heterocycles. The van der Waals surface area contributed by atoms with Gasteiger partial charge in [0.15, 0.2) is 5.82 Å². The lowest BCUT2D eigenvalue weighted by Gasteiger charge is -2.34. The van der Waals surface area contributed by atoms with Crippen molar-refractivity contribution in [2.24, 2.45) is 0 Å². The first-order chi connectivity index (χ1) is 16.6. The van der Waals surface area contributed by atoms with Gasteiger partial charge in [-0.05, 0) is 18.6 Å². The van der Waals surface area contributed by atoms with E-state index in [9.17, 15) is 9.90 Å². The van der Waals surface area contributed by atoms with Crippen LogP contribution < -0.4 is 15.2 Å². The third-order valence-electron chi connectivity index (χ3n) is 5.95. The number of nitrogens with zero attached hydrogens (tertiary/aromatic N) is 6. The van der Waals surface area contributed by atoms with Gasteiger partial charge in [-0.3, -0.25) is 14.7 Å². The second kappa shape index (κ2) is 12.8. The normalized spacial score (nSPS) is 14.2. The summed E-state index contributed by atoms with van der Waals surface area (Å²) in [7, 11) is 1.57. The predicted octanol–water partition coefficient (Wildman–Crippen LogP) is 1.82. The van der Waals surface area contributed by atoms with Crippen molar-refractivity contribution in [3.63, 3.8) is 0 Å². The van der Waals surface area contributed by atoms with Crippen LogP contribution in [0.25, 0.3) is 22.3 Å². The van der Waals surface area contributed by atoms with Crippen LogP contribution in [0, 0.1) is 0 Å². The van der Waals surface area contributed by atoms with E-state index in [2.05, 4.69) is 21.8 Å². The molecule has 0 amide bonds. The molecule has 4 rings (SSSR count). The fraction of sp³-hybridized carbons (Fsp3) is 0.500. The minimum absolute atomic E-state index is 0. The molecule has 1 fully saturated rings. The number of fused-ring (bicyclic) bond motifs is 1. The number of hydrogen-bond donors (Lipinski definition) is 1. The summed E-state index contributed by atoms with van der Waals surface area (Å²) < 4.78 is 12.6. The molecule has 1 N–H and O–H groups in total. The summed E-state index contributed by atoms with van der Waals surface area (Å²) in [5, 5.41) is 9.20. The molecule has 0 saturated carbocycles. The Bertz CT molecular complexity index is 1150. The molecule has 1 saturated heterocycles. The monoisotopic (exact) mass is 504 g/mol. The van der Waals surface area contributed by atoms with Crippen molar-refractivity contribution in [2.75, 3.05) is 64.6 Å². The summed E-state index contributed by atoms with van der Waals surface area (Å²) in [4.78, 5) is 31.4. The first-order valence-electron chi connectivity index (χ1n) is 11.7. The summed E-state index contributed by atoms with van der Waals surface area (Å²) in [5.74, 6) is 0.965. The molecular weight excluding hydrogens is 472 g/mol. The molecule has 0 aliphatic carbocycles. The quantitative estimate of drug-likeness (QED) is 0.414. The highest BCUT2D eigenvalue weighted by molar-refractivity contribution is 5.85. The van der Waals surface area contributed by atoms with Crippen molar-refractivity contribution < 1.29 is 14.6 Å². The Kier molecular flexibility index (Phi) is 9.79. The van der Waals surface area contributed by atoms with Crippen LogP contribution in [0.5, 0.6) is 5.88 Å². The van der Waals surface area contributed by atoms with Gasteiger partial charge >= 0.3 is 0 Å². The van der Waals surface area contributed by atoms with Gasteiger partial charge in [-0.2, -0.15) is 0 Å². The van der Waals surface area contributed by atoms with E-state index in [1.165, 1.54) is 0 Å². The van der Waals surface area contributed by atoms with Crippen molar-refractivity contribution in [1.29, 1.82) is 0 Å². The number of ether oxygens (including phenoxy) is 2. The molecule has 0 spiro atoms. The van der Waals surface area contributed by atoms with Gasteiger partial charge < -0.3 is 24.0 Å². The number of aliphatic hydroxyl groups is 1. The lowest BCUT2D eigenvalue weighted by atomic mass is 10.2. The summed E-state index contributed by atoms with van der Waals surface area (Å²) in [5.41, 5.74) is 2.78. The second-order valence-corrected chi connectivity index (χ2v) is 8.20. The van der Waals surface area contributed by atoms with E-state index < -0.39 is 0 Å². The third kappa shape index (κ3) is 6.26. The molecule has 1 aliphatic rings. The highest BCUT2D eigenvalue weighted by Crippen LogP contribution is 2.23.